The normalized spacial score (nSPS) is 12.2. The Morgan fingerprint density at radius 2 is 2.06 bits per heavy atom. The third kappa shape index (κ3) is 5.64. The maximum absolute atomic E-state index is 11.5. The Morgan fingerprint density at radius 3 is 2.67 bits per heavy atom. The number of aryl methyl sites for hydroxylation is 1. The van der Waals surface area contributed by atoms with Gasteiger partial charge in [0, 0.05) is 25.5 Å². The van der Waals surface area contributed by atoms with Crippen molar-refractivity contribution in [1.29, 1.82) is 0 Å². The van der Waals surface area contributed by atoms with Crippen molar-refractivity contribution in [3.8, 4) is 0 Å². The summed E-state index contributed by atoms with van der Waals surface area (Å²) in [6.45, 7) is 5.82. The van der Waals surface area contributed by atoms with E-state index in [-0.39, 0.29) is 11.0 Å². The highest BCUT2D eigenvalue weighted by molar-refractivity contribution is 7.92. The molecule has 1 aromatic rings. The van der Waals surface area contributed by atoms with Crippen molar-refractivity contribution in [2.24, 2.45) is 0 Å². The molecule has 1 heterocycles. The summed E-state index contributed by atoms with van der Waals surface area (Å²) in [6.07, 6.45) is 7.64. The molecule has 0 atom stereocenters. The Kier molecular flexibility index (Phi) is 6.35. The molecule has 1 aromatic heterocycles. The van der Waals surface area contributed by atoms with E-state index < -0.39 is 9.84 Å². The van der Waals surface area contributed by atoms with Crippen LogP contribution < -0.4 is 5.32 Å². The van der Waals surface area contributed by atoms with Gasteiger partial charge in [-0.25, -0.2) is 13.4 Å². The number of imidazole rings is 1. The highest BCUT2D eigenvalue weighted by Gasteiger charge is 2.14. The maximum atomic E-state index is 11.5. The second kappa shape index (κ2) is 7.53. The van der Waals surface area contributed by atoms with Crippen molar-refractivity contribution >= 4 is 9.84 Å². The molecule has 0 fully saturated rings. The lowest BCUT2D eigenvalue weighted by atomic mass is 10.3. The van der Waals surface area contributed by atoms with Crippen LogP contribution >= 0.6 is 0 Å². The number of nitrogens with zero attached hydrogens (tertiary/aromatic N) is 2. The fourth-order valence-electron chi connectivity index (χ4n) is 1.54. The van der Waals surface area contributed by atoms with E-state index in [1.165, 1.54) is 0 Å². The third-order valence-corrected chi connectivity index (χ3v) is 5.07. The molecule has 0 aliphatic carbocycles. The van der Waals surface area contributed by atoms with Crippen molar-refractivity contribution in [2.75, 3.05) is 18.8 Å². The molecule has 0 unspecified atom stereocenters. The quantitative estimate of drug-likeness (QED) is 0.684. The van der Waals surface area contributed by atoms with Gasteiger partial charge in [0.05, 0.1) is 17.3 Å². The second-order valence-electron chi connectivity index (χ2n) is 4.67. The summed E-state index contributed by atoms with van der Waals surface area (Å²) in [7, 11) is -2.90. The van der Waals surface area contributed by atoms with Crippen molar-refractivity contribution in [2.45, 2.75) is 38.5 Å². The summed E-state index contributed by atoms with van der Waals surface area (Å²) in [5.74, 6) is 0.228. The first kappa shape index (κ1) is 15.2. The molecule has 1 rings (SSSR count). The molecule has 0 spiro atoms. The molecular formula is C12H23N3O2S. The van der Waals surface area contributed by atoms with Crippen LogP contribution in [0.25, 0.3) is 0 Å². The molecule has 0 aliphatic rings. The standard InChI is InChI=1S/C12H23N3O2S/c1-12(2)18(16,17)10-7-13-5-3-4-8-15-9-6-14-11-15/h6,9,11-13H,3-5,7-8,10H2,1-2H3. The summed E-state index contributed by atoms with van der Waals surface area (Å²) in [4.78, 5) is 3.97. The van der Waals surface area contributed by atoms with Gasteiger partial charge in [0.2, 0.25) is 0 Å². The number of hydrogen-bond donors (Lipinski definition) is 1. The van der Waals surface area contributed by atoms with Gasteiger partial charge in [-0.2, -0.15) is 0 Å². The van der Waals surface area contributed by atoms with Crippen LogP contribution in [0.5, 0.6) is 0 Å². The van der Waals surface area contributed by atoms with Gasteiger partial charge >= 0.3 is 0 Å². The van der Waals surface area contributed by atoms with Gasteiger partial charge in [-0.1, -0.05) is 0 Å². The molecule has 0 saturated carbocycles. The van der Waals surface area contributed by atoms with Gasteiger partial charge in [0.1, 0.15) is 0 Å². The Balaban J connectivity index is 1.99. The van der Waals surface area contributed by atoms with Gasteiger partial charge in [0.15, 0.2) is 9.84 Å². The molecule has 0 saturated heterocycles. The van der Waals surface area contributed by atoms with Crippen LogP contribution in [-0.4, -0.2) is 42.1 Å². The highest BCUT2D eigenvalue weighted by Crippen LogP contribution is 1.99. The van der Waals surface area contributed by atoms with Gasteiger partial charge in [0.25, 0.3) is 0 Å². The van der Waals surface area contributed by atoms with E-state index in [4.69, 9.17) is 0 Å². The van der Waals surface area contributed by atoms with Gasteiger partial charge < -0.3 is 9.88 Å². The summed E-state index contributed by atoms with van der Waals surface area (Å²) in [6, 6.07) is 0. The fraction of sp³-hybridized carbons (Fsp3) is 0.750. The van der Waals surface area contributed by atoms with Crippen LogP contribution in [-0.2, 0) is 16.4 Å². The molecule has 18 heavy (non-hydrogen) atoms. The summed E-state index contributed by atoms with van der Waals surface area (Å²) < 4.78 is 25.1. The highest BCUT2D eigenvalue weighted by atomic mass is 32.2. The first-order valence-corrected chi connectivity index (χ1v) is 8.12. The topological polar surface area (TPSA) is 64.0 Å². The van der Waals surface area contributed by atoms with E-state index in [1.54, 1.807) is 20.0 Å². The Hall–Kier alpha value is -0.880. The molecule has 0 aliphatic heterocycles. The zero-order chi connectivity index (χ0) is 13.4. The van der Waals surface area contributed by atoms with Crippen LogP contribution in [0, 0.1) is 0 Å². The number of aromatic nitrogens is 2. The average Bonchev–Trinajstić information content (AvgIpc) is 2.80. The molecule has 1 N–H and O–H groups in total. The molecule has 6 heteroatoms. The van der Waals surface area contributed by atoms with Gasteiger partial charge in [-0.15, -0.1) is 0 Å². The van der Waals surface area contributed by atoms with Crippen LogP contribution in [0.3, 0.4) is 0 Å². The summed E-state index contributed by atoms with van der Waals surface area (Å²) in [5.41, 5.74) is 0. The van der Waals surface area contributed by atoms with Crippen LogP contribution in [0.2, 0.25) is 0 Å². The van der Waals surface area contributed by atoms with Crippen LogP contribution in [0.1, 0.15) is 26.7 Å². The number of nitrogens with one attached hydrogen (secondary N) is 1. The summed E-state index contributed by atoms with van der Waals surface area (Å²) in [5, 5.41) is 2.90. The minimum Gasteiger partial charge on any atom is -0.337 e. The largest absolute Gasteiger partial charge is 0.337 e. The monoisotopic (exact) mass is 273 g/mol. The fourth-order valence-corrected chi connectivity index (χ4v) is 2.44. The van der Waals surface area contributed by atoms with Crippen LogP contribution in [0.4, 0.5) is 0 Å². The molecule has 0 aromatic carbocycles. The zero-order valence-corrected chi connectivity index (χ0v) is 12.0. The third-order valence-electron chi connectivity index (χ3n) is 2.86. The van der Waals surface area contributed by atoms with E-state index in [2.05, 4.69) is 10.3 Å². The maximum Gasteiger partial charge on any atom is 0.153 e. The number of hydrogen-bond acceptors (Lipinski definition) is 4. The second-order valence-corrected chi connectivity index (χ2v) is 7.35. The number of rotatable bonds is 9. The molecular weight excluding hydrogens is 250 g/mol. The van der Waals surface area contributed by atoms with Crippen LogP contribution in [0.15, 0.2) is 18.7 Å². The molecule has 104 valence electrons. The first-order chi connectivity index (χ1) is 8.52. The van der Waals surface area contributed by atoms with E-state index >= 15 is 0 Å². The SMILES string of the molecule is CC(C)S(=O)(=O)CCNCCCCn1ccnc1. The molecule has 0 radical (unpaired) electrons. The lowest BCUT2D eigenvalue weighted by Gasteiger charge is -2.08. The van der Waals surface area contributed by atoms with E-state index in [0.29, 0.717) is 6.54 Å². The summed E-state index contributed by atoms with van der Waals surface area (Å²) >= 11 is 0. The van der Waals surface area contributed by atoms with Gasteiger partial charge in [-0.05, 0) is 33.2 Å². The molecule has 0 amide bonds. The van der Waals surface area contributed by atoms with E-state index in [0.717, 1.165) is 25.9 Å². The number of unbranched alkanes of at least 4 members (excludes halogenated alkanes) is 1. The van der Waals surface area contributed by atoms with Crippen molar-refractivity contribution in [1.82, 2.24) is 14.9 Å². The van der Waals surface area contributed by atoms with Gasteiger partial charge in [-0.3, -0.25) is 0 Å². The number of sulfone groups is 1. The lowest BCUT2D eigenvalue weighted by molar-refractivity contribution is 0.565. The minimum absolute atomic E-state index is 0.228. The smallest absolute Gasteiger partial charge is 0.153 e. The van der Waals surface area contributed by atoms with Crippen molar-refractivity contribution in [3.05, 3.63) is 18.7 Å². The zero-order valence-electron chi connectivity index (χ0n) is 11.2. The first-order valence-electron chi connectivity index (χ1n) is 6.40. The Bertz CT molecular complexity index is 413. The Morgan fingerprint density at radius 1 is 1.28 bits per heavy atom. The minimum atomic E-state index is -2.90. The van der Waals surface area contributed by atoms with Crippen molar-refractivity contribution < 1.29 is 8.42 Å². The van der Waals surface area contributed by atoms with E-state index in [1.807, 2.05) is 17.1 Å². The lowest BCUT2D eigenvalue weighted by Crippen LogP contribution is -2.27. The van der Waals surface area contributed by atoms with Crippen molar-refractivity contribution in [3.63, 3.8) is 0 Å². The predicted molar refractivity (Wildman–Crippen MR) is 73.3 cm³/mol. The van der Waals surface area contributed by atoms with E-state index in [9.17, 15) is 8.42 Å². The molecule has 5 nitrogen and oxygen atoms in total. The Labute approximate surface area is 110 Å². The average molecular weight is 273 g/mol. The molecule has 0 bridgehead atoms. The predicted octanol–water partition coefficient (Wildman–Crippen LogP) is 1.08.